The van der Waals surface area contributed by atoms with E-state index in [2.05, 4.69) is 0 Å². The van der Waals surface area contributed by atoms with Gasteiger partial charge in [-0.25, -0.2) is 0 Å². The Balaban J connectivity index is 1.91. The molecule has 6 bridgehead atoms. The van der Waals surface area contributed by atoms with E-state index in [0.29, 0.717) is 6.42 Å². The molecule has 2 heterocycles. The highest BCUT2D eigenvalue weighted by atomic mass is 16.7. The molecule has 5 N–H and O–H groups in total. The van der Waals surface area contributed by atoms with E-state index in [-0.39, 0.29) is 25.2 Å². The van der Waals surface area contributed by atoms with Gasteiger partial charge in [-0.1, -0.05) is 27.7 Å². The van der Waals surface area contributed by atoms with Crippen LogP contribution in [-0.2, 0) is 14.3 Å². The molecule has 8 nitrogen and oxygen atoms in total. The molecule has 10 atom stereocenters. The molecule has 1 spiro atoms. The highest BCUT2D eigenvalue weighted by Crippen LogP contribution is 2.90. The number of hydrogen-bond donors (Lipinski definition) is 5. The van der Waals surface area contributed by atoms with Crippen molar-refractivity contribution in [3.8, 4) is 0 Å². The summed E-state index contributed by atoms with van der Waals surface area (Å²) in [6.07, 6.45) is -0.776. The lowest BCUT2D eigenvalue weighted by Crippen LogP contribution is -2.75. The molecule has 10 unspecified atom stereocenters. The van der Waals surface area contributed by atoms with Gasteiger partial charge in [0.25, 0.3) is 0 Å². The third-order valence-corrected chi connectivity index (χ3v) is 10.5. The van der Waals surface area contributed by atoms with E-state index >= 15 is 0 Å². The first-order valence-electron chi connectivity index (χ1n) is 11.0. The molecular formula is C22H34O8. The number of rotatable bonds is 2. The Labute approximate surface area is 176 Å². The Morgan fingerprint density at radius 1 is 1.07 bits per heavy atom. The third kappa shape index (κ3) is 1.41. The van der Waals surface area contributed by atoms with Gasteiger partial charge in [0.05, 0.1) is 11.0 Å². The van der Waals surface area contributed by atoms with Crippen molar-refractivity contribution in [2.75, 3.05) is 0 Å². The molecule has 0 aromatic carbocycles. The summed E-state index contributed by atoms with van der Waals surface area (Å²) in [4.78, 5) is 12.1. The number of carbonyl (C=O) groups excluding carboxylic acids is 1. The molecule has 4 aliphatic carbocycles. The molecule has 0 radical (unpaired) electrons. The van der Waals surface area contributed by atoms with Crippen LogP contribution in [0.4, 0.5) is 0 Å². The van der Waals surface area contributed by atoms with E-state index in [1.54, 1.807) is 20.8 Å². The van der Waals surface area contributed by atoms with Crippen LogP contribution in [-0.4, -0.2) is 71.4 Å². The van der Waals surface area contributed by atoms with Crippen molar-refractivity contribution in [1.82, 2.24) is 0 Å². The maximum Gasteiger partial charge on any atom is 0.303 e. The van der Waals surface area contributed by atoms with E-state index in [4.69, 9.17) is 9.47 Å². The average Bonchev–Trinajstić information content (AvgIpc) is 2.87. The van der Waals surface area contributed by atoms with Gasteiger partial charge in [-0.3, -0.25) is 4.79 Å². The first kappa shape index (κ1) is 21.1. The fourth-order valence-electron chi connectivity index (χ4n) is 8.99. The van der Waals surface area contributed by atoms with Gasteiger partial charge in [0.15, 0.2) is 11.4 Å². The van der Waals surface area contributed by atoms with Gasteiger partial charge in [0.2, 0.25) is 0 Å². The van der Waals surface area contributed by atoms with Gasteiger partial charge in [0.1, 0.15) is 22.9 Å². The monoisotopic (exact) mass is 426 g/mol. The van der Waals surface area contributed by atoms with Crippen molar-refractivity contribution in [3.05, 3.63) is 0 Å². The summed E-state index contributed by atoms with van der Waals surface area (Å²) < 4.78 is 12.0. The maximum atomic E-state index is 12.6. The zero-order valence-electron chi connectivity index (χ0n) is 18.5. The normalized spacial score (nSPS) is 65.3. The molecule has 8 heteroatoms. The average molecular weight is 427 g/mol. The highest BCUT2D eigenvalue weighted by Gasteiger charge is 3.07. The van der Waals surface area contributed by atoms with E-state index in [1.165, 1.54) is 13.8 Å². The van der Waals surface area contributed by atoms with Gasteiger partial charge in [-0.05, 0) is 31.6 Å². The van der Waals surface area contributed by atoms with Crippen LogP contribution in [0.5, 0.6) is 0 Å². The molecule has 170 valence electrons. The van der Waals surface area contributed by atoms with Gasteiger partial charge in [0, 0.05) is 25.2 Å². The highest BCUT2D eigenvalue weighted by molar-refractivity contribution is 5.67. The Morgan fingerprint density at radius 3 is 2.20 bits per heavy atom. The first-order chi connectivity index (χ1) is 13.5. The zero-order valence-corrected chi connectivity index (χ0v) is 18.5. The molecule has 4 saturated carbocycles. The van der Waals surface area contributed by atoms with Gasteiger partial charge >= 0.3 is 5.97 Å². The Morgan fingerprint density at radius 2 is 1.67 bits per heavy atom. The second-order valence-corrected chi connectivity index (χ2v) is 11.5. The van der Waals surface area contributed by atoms with Gasteiger partial charge in [-0.2, -0.15) is 0 Å². The molecule has 6 aliphatic rings. The predicted octanol–water partition coefficient (Wildman–Crippen LogP) is 0.220. The molecule has 6 rings (SSSR count). The molecule has 2 aliphatic heterocycles. The SMILES string of the molecule is CC(=O)OC1C(C)CCC2(O)C3(C)CC4(O)OC12C1(O)C3(O)CC(O)(C(C)C)C41C. The van der Waals surface area contributed by atoms with E-state index in [1.807, 2.05) is 6.92 Å². The fourth-order valence-corrected chi connectivity index (χ4v) is 8.99. The topological polar surface area (TPSA) is 137 Å². The Bertz CT molecular complexity index is 862. The van der Waals surface area contributed by atoms with Gasteiger partial charge in [-0.15, -0.1) is 0 Å². The molecular weight excluding hydrogens is 392 g/mol. The lowest BCUT2D eigenvalue weighted by Gasteiger charge is -2.61. The molecule has 0 aromatic rings. The summed E-state index contributed by atoms with van der Waals surface area (Å²) in [6, 6.07) is 0. The van der Waals surface area contributed by atoms with Crippen LogP contribution in [0.3, 0.4) is 0 Å². The van der Waals surface area contributed by atoms with E-state index in [9.17, 15) is 30.3 Å². The van der Waals surface area contributed by atoms with Crippen LogP contribution < -0.4 is 0 Å². The van der Waals surface area contributed by atoms with Crippen molar-refractivity contribution < 1.29 is 39.8 Å². The van der Waals surface area contributed by atoms with Crippen LogP contribution >= 0.6 is 0 Å². The van der Waals surface area contributed by atoms with Crippen LogP contribution in [0.25, 0.3) is 0 Å². The summed E-state index contributed by atoms with van der Waals surface area (Å²) in [5.41, 5.74) is -12.8. The lowest BCUT2D eigenvalue weighted by molar-refractivity contribution is -0.390. The molecule has 2 saturated heterocycles. The quantitative estimate of drug-likeness (QED) is 0.396. The number of carbonyl (C=O) groups is 1. The summed E-state index contributed by atoms with van der Waals surface area (Å²) in [6.45, 7) is 9.81. The van der Waals surface area contributed by atoms with Crippen LogP contribution in [0.1, 0.15) is 67.2 Å². The standard InChI is InChI=1S/C22H34O8/c1-11(2)17(24)10-19(26)15(5)9-20(27)16(17,6)22(19,28)21(30-20)14(29-13(4)23)12(3)7-8-18(15,21)25/h11-12,14,24-28H,7-10H2,1-6H3. The lowest BCUT2D eigenvalue weighted by atomic mass is 9.52. The second kappa shape index (κ2) is 4.92. The smallest absolute Gasteiger partial charge is 0.303 e. The zero-order chi connectivity index (χ0) is 22.6. The van der Waals surface area contributed by atoms with Crippen molar-refractivity contribution >= 4 is 5.97 Å². The maximum absolute atomic E-state index is 12.6. The minimum absolute atomic E-state index is 0.149. The minimum Gasteiger partial charge on any atom is -0.459 e. The van der Waals surface area contributed by atoms with Crippen LogP contribution in [0, 0.1) is 22.7 Å². The number of esters is 1. The largest absolute Gasteiger partial charge is 0.459 e. The van der Waals surface area contributed by atoms with Crippen molar-refractivity contribution in [1.29, 1.82) is 0 Å². The molecule has 0 amide bonds. The Kier molecular flexibility index (Phi) is 3.46. The Hall–Kier alpha value is -0.770. The van der Waals surface area contributed by atoms with E-state index < -0.39 is 62.6 Å². The van der Waals surface area contributed by atoms with Crippen molar-refractivity contribution in [2.45, 2.75) is 107 Å². The summed E-state index contributed by atoms with van der Waals surface area (Å²) in [5.74, 6) is -3.37. The van der Waals surface area contributed by atoms with Crippen molar-refractivity contribution in [2.24, 2.45) is 22.7 Å². The number of ether oxygens (including phenoxy) is 2. The van der Waals surface area contributed by atoms with Gasteiger partial charge < -0.3 is 35.0 Å². The third-order valence-electron chi connectivity index (χ3n) is 10.5. The first-order valence-corrected chi connectivity index (χ1v) is 11.0. The van der Waals surface area contributed by atoms with E-state index in [0.717, 1.165) is 0 Å². The van der Waals surface area contributed by atoms with Crippen LogP contribution in [0.2, 0.25) is 0 Å². The fraction of sp³-hybridized carbons (Fsp3) is 0.955. The summed E-state index contributed by atoms with van der Waals surface area (Å²) in [5, 5.41) is 60.8. The number of aliphatic hydroxyl groups is 5. The second-order valence-electron chi connectivity index (χ2n) is 11.5. The molecule has 0 aromatic heterocycles. The summed E-state index contributed by atoms with van der Waals surface area (Å²) in [7, 11) is 0. The molecule has 30 heavy (non-hydrogen) atoms. The summed E-state index contributed by atoms with van der Waals surface area (Å²) >= 11 is 0. The predicted molar refractivity (Wildman–Crippen MR) is 103 cm³/mol. The minimum atomic E-state index is -2.25. The van der Waals surface area contributed by atoms with Crippen LogP contribution in [0.15, 0.2) is 0 Å². The van der Waals surface area contributed by atoms with Crippen molar-refractivity contribution in [3.63, 3.8) is 0 Å². The number of hydrogen-bond acceptors (Lipinski definition) is 8. The molecule has 6 fully saturated rings.